The Hall–Kier alpha value is -1.26. The van der Waals surface area contributed by atoms with Gasteiger partial charge in [-0.1, -0.05) is 19.8 Å². The van der Waals surface area contributed by atoms with Crippen LogP contribution in [0.4, 0.5) is 4.79 Å². The zero-order valence-electron chi connectivity index (χ0n) is 13.3. The molecular formula is C16H28N2O3. The largest absolute Gasteiger partial charge is 0.481 e. The lowest BCUT2D eigenvalue weighted by Gasteiger charge is -2.45. The molecule has 2 fully saturated rings. The number of carbonyl (C=O) groups excluding carboxylic acids is 1. The van der Waals surface area contributed by atoms with Crippen molar-refractivity contribution in [2.75, 3.05) is 19.6 Å². The zero-order valence-corrected chi connectivity index (χ0v) is 13.3. The molecule has 0 spiro atoms. The number of hydrogen-bond acceptors (Lipinski definition) is 2. The number of piperidine rings is 1. The van der Waals surface area contributed by atoms with Crippen molar-refractivity contribution in [3.05, 3.63) is 0 Å². The van der Waals surface area contributed by atoms with Crippen molar-refractivity contribution < 1.29 is 14.7 Å². The number of hydrogen-bond donors (Lipinski definition) is 1. The van der Waals surface area contributed by atoms with E-state index >= 15 is 0 Å². The van der Waals surface area contributed by atoms with Gasteiger partial charge < -0.3 is 14.9 Å². The van der Waals surface area contributed by atoms with Gasteiger partial charge in [0, 0.05) is 25.7 Å². The molecule has 1 saturated carbocycles. The van der Waals surface area contributed by atoms with E-state index in [4.69, 9.17) is 5.11 Å². The van der Waals surface area contributed by atoms with Crippen LogP contribution in [0.1, 0.15) is 52.4 Å². The Bertz CT molecular complexity index is 384. The van der Waals surface area contributed by atoms with Gasteiger partial charge in [-0.25, -0.2) is 4.79 Å². The second-order valence-electron chi connectivity index (χ2n) is 6.51. The molecule has 1 aliphatic carbocycles. The number of fused-ring (bicyclic) bond motifs is 1. The summed E-state index contributed by atoms with van der Waals surface area (Å²) < 4.78 is 0. The smallest absolute Gasteiger partial charge is 0.320 e. The second-order valence-corrected chi connectivity index (χ2v) is 6.51. The molecule has 1 heterocycles. The molecule has 0 aromatic heterocycles. The molecular weight excluding hydrogens is 268 g/mol. The molecule has 0 aromatic rings. The third kappa shape index (κ3) is 3.69. The van der Waals surface area contributed by atoms with E-state index in [-0.39, 0.29) is 6.03 Å². The molecule has 21 heavy (non-hydrogen) atoms. The molecule has 120 valence electrons. The monoisotopic (exact) mass is 296 g/mol. The van der Waals surface area contributed by atoms with Gasteiger partial charge in [0.2, 0.25) is 0 Å². The Balaban J connectivity index is 2.03. The van der Waals surface area contributed by atoms with Gasteiger partial charge in [-0.15, -0.1) is 0 Å². The fourth-order valence-electron chi connectivity index (χ4n) is 3.80. The molecule has 3 atom stereocenters. The SMILES string of the molecule is CCN(CC(C)C(=O)O)C(=O)N1CCCC2CCCCC21. The highest BCUT2D eigenvalue weighted by atomic mass is 16.4. The number of likely N-dealkylation sites (tertiary alicyclic amines) is 1. The van der Waals surface area contributed by atoms with E-state index in [1.807, 2.05) is 11.8 Å². The quantitative estimate of drug-likeness (QED) is 0.867. The molecule has 2 rings (SSSR count). The van der Waals surface area contributed by atoms with Crippen molar-refractivity contribution in [2.45, 2.75) is 58.4 Å². The van der Waals surface area contributed by atoms with Gasteiger partial charge in [0.05, 0.1) is 5.92 Å². The number of carboxylic acid groups (broad SMARTS) is 1. The summed E-state index contributed by atoms with van der Waals surface area (Å²) in [6.45, 7) is 5.30. The van der Waals surface area contributed by atoms with Crippen LogP contribution in [0.15, 0.2) is 0 Å². The summed E-state index contributed by atoms with van der Waals surface area (Å²) in [6, 6.07) is 0.427. The first-order valence-corrected chi connectivity index (χ1v) is 8.33. The summed E-state index contributed by atoms with van der Waals surface area (Å²) in [7, 11) is 0. The predicted octanol–water partition coefficient (Wildman–Crippen LogP) is 2.80. The van der Waals surface area contributed by atoms with E-state index in [0.29, 0.717) is 25.0 Å². The third-order valence-corrected chi connectivity index (χ3v) is 5.06. The second kappa shape index (κ2) is 7.14. The summed E-state index contributed by atoms with van der Waals surface area (Å²) in [6.07, 6.45) is 7.18. The van der Waals surface area contributed by atoms with Crippen LogP contribution in [-0.2, 0) is 4.79 Å². The molecule has 1 aliphatic heterocycles. The summed E-state index contributed by atoms with van der Waals surface area (Å²) >= 11 is 0. The average Bonchev–Trinajstić information content (AvgIpc) is 2.51. The number of nitrogens with zero attached hydrogens (tertiary/aromatic N) is 2. The number of carboxylic acids is 1. The molecule has 0 aromatic carbocycles. The van der Waals surface area contributed by atoms with E-state index < -0.39 is 11.9 Å². The minimum atomic E-state index is -0.838. The summed E-state index contributed by atoms with van der Waals surface area (Å²) in [5.74, 6) is -0.691. The number of aliphatic carboxylic acids is 1. The minimum absolute atomic E-state index is 0.0437. The fraction of sp³-hybridized carbons (Fsp3) is 0.875. The number of rotatable bonds is 4. The maximum atomic E-state index is 12.8. The first kappa shape index (κ1) is 16.1. The van der Waals surface area contributed by atoms with Crippen LogP contribution >= 0.6 is 0 Å². The molecule has 1 N–H and O–H groups in total. The lowest BCUT2D eigenvalue weighted by Crippen LogP contribution is -2.55. The summed E-state index contributed by atoms with van der Waals surface area (Å²) in [5.41, 5.74) is 0. The maximum Gasteiger partial charge on any atom is 0.320 e. The van der Waals surface area contributed by atoms with Gasteiger partial charge in [-0.3, -0.25) is 4.79 Å². The van der Waals surface area contributed by atoms with Gasteiger partial charge in [-0.05, 0) is 38.5 Å². The van der Waals surface area contributed by atoms with Gasteiger partial charge in [0.1, 0.15) is 0 Å². The van der Waals surface area contributed by atoms with Crippen LogP contribution in [0, 0.1) is 11.8 Å². The molecule has 3 unspecified atom stereocenters. The first-order valence-electron chi connectivity index (χ1n) is 8.33. The zero-order chi connectivity index (χ0) is 15.4. The minimum Gasteiger partial charge on any atom is -0.481 e. The van der Waals surface area contributed by atoms with Crippen molar-refractivity contribution in [1.82, 2.24) is 9.80 Å². The standard InChI is InChI=1S/C16H28N2O3/c1-3-17(11-12(2)15(19)20)16(21)18-10-6-8-13-7-4-5-9-14(13)18/h12-14H,3-11H2,1-2H3,(H,19,20). The van der Waals surface area contributed by atoms with Crippen molar-refractivity contribution in [2.24, 2.45) is 11.8 Å². The third-order valence-electron chi connectivity index (χ3n) is 5.06. The van der Waals surface area contributed by atoms with Crippen molar-refractivity contribution >= 4 is 12.0 Å². The molecule has 0 radical (unpaired) electrons. The predicted molar refractivity (Wildman–Crippen MR) is 81.1 cm³/mol. The highest BCUT2D eigenvalue weighted by Crippen LogP contribution is 2.35. The van der Waals surface area contributed by atoms with Crippen LogP contribution in [0.2, 0.25) is 0 Å². The fourth-order valence-corrected chi connectivity index (χ4v) is 3.80. The Morgan fingerprint density at radius 3 is 2.57 bits per heavy atom. The Morgan fingerprint density at radius 2 is 1.90 bits per heavy atom. The first-order chi connectivity index (χ1) is 10.0. The Labute approximate surface area is 127 Å². The summed E-state index contributed by atoms with van der Waals surface area (Å²) in [4.78, 5) is 27.6. The van der Waals surface area contributed by atoms with Gasteiger partial charge in [-0.2, -0.15) is 0 Å². The normalized spacial score (nSPS) is 26.9. The lowest BCUT2D eigenvalue weighted by atomic mass is 9.78. The van der Waals surface area contributed by atoms with Gasteiger partial charge in [0.15, 0.2) is 0 Å². The van der Waals surface area contributed by atoms with E-state index in [1.165, 1.54) is 25.7 Å². The maximum absolute atomic E-state index is 12.8. The topological polar surface area (TPSA) is 60.9 Å². The molecule has 5 heteroatoms. The highest BCUT2D eigenvalue weighted by molar-refractivity contribution is 5.76. The number of amides is 2. The average molecular weight is 296 g/mol. The van der Waals surface area contributed by atoms with Gasteiger partial charge in [0.25, 0.3) is 0 Å². The Morgan fingerprint density at radius 1 is 1.24 bits per heavy atom. The van der Waals surface area contributed by atoms with Crippen LogP contribution in [0.5, 0.6) is 0 Å². The van der Waals surface area contributed by atoms with Gasteiger partial charge >= 0.3 is 12.0 Å². The Kier molecular flexibility index (Phi) is 5.48. The van der Waals surface area contributed by atoms with Crippen molar-refractivity contribution in [1.29, 1.82) is 0 Å². The lowest BCUT2D eigenvalue weighted by molar-refractivity contribution is -0.141. The molecule has 2 amide bonds. The van der Waals surface area contributed by atoms with Crippen LogP contribution in [-0.4, -0.2) is 52.6 Å². The van der Waals surface area contributed by atoms with Crippen LogP contribution < -0.4 is 0 Å². The summed E-state index contributed by atoms with van der Waals surface area (Å²) in [5, 5.41) is 9.05. The van der Waals surface area contributed by atoms with E-state index in [9.17, 15) is 9.59 Å². The van der Waals surface area contributed by atoms with Crippen molar-refractivity contribution in [3.8, 4) is 0 Å². The van der Waals surface area contributed by atoms with Crippen LogP contribution in [0.25, 0.3) is 0 Å². The number of urea groups is 1. The van der Waals surface area contributed by atoms with E-state index in [1.54, 1.807) is 11.8 Å². The molecule has 1 saturated heterocycles. The highest BCUT2D eigenvalue weighted by Gasteiger charge is 2.37. The molecule has 2 aliphatic rings. The van der Waals surface area contributed by atoms with Crippen LogP contribution in [0.3, 0.4) is 0 Å². The van der Waals surface area contributed by atoms with E-state index in [0.717, 1.165) is 19.4 Å². The van der Waals surface area contributed by atoms with E-state index in [2.05, 4.69) is 0 Å². The van der Waals surface area contributed by atoms with Crippen molar-refractivity contribution in [3.63, 3.8) is 0 Å². The number of carbonyl (C=O) groups is 2. The molecule has 0 bridgehead atoms. The molecule has 5 nitrogen and oxygen atoms in total.